The summed E-state index contributed by atoms with van der Waals surface area (Å²) in [6.45, 7) is 6.36. The Morgan fingerprint density at radius 3 is 2.88 bits per heavy atom. The monoisotopic (exact) mass is 350 g/mol. The smallest absolute Gasteiger partial charge is 0.334 e. The van der Waals surface area contributed by atoms with Crippen molar-refractivity contribution in [3.8, 4) is 0 Å². The van der Waals surface area contributed by atoms with Gasteiger partial charge in [-0.3, -0.25) is 0 Å². The number of carbonyl (C=O) groups is 2. The van der Waals surface area contributed by atoms with E-state index in [9.17, 15) is 9.59 Å². The molecule has 5 heteroatoms. The van der Waals surface area contributed by atoms with E-state index in [1.165, 1.54) is 23.4 Å². The predicted octanol–water partition coefficient (Wildman–Crippen LogP) is 3.86. The van der Waals surface area contributed by atoms with E-state index in [-0.39, 0.29) is 35.5 Å². The van der Waals surface area contributed by atoms with Gasteiger partial charge in [-0.15, -0.1) is 11.8 Å². The molecular weight excluding hydrogens is 324 g/mol. The van der Waals surface area contributed by atoms with E-state index in [4.69, 9.17) is 9.47 Å². The first-order valence-electron chi connectivity index (χ1n) is 8.67. The lowest BCUT2D eigenvalue weighted by Gasteiger charge is -2.53. The van der Waals surface area contributed by atoms with Gasteiger partial charge in [0.15, 0.2) is 0 Å². The van der Waals surface area contributed by atoms with E-state index >= 15 is 0 Å². The molecule has 2 aliphatic carbocycles. The summed E-state index contributed by atoms with van der Waals surface area (Å²) in [5.41, 5.74) is 2.00. The van der Waals surface area contributed by atoms with Gasteiger partial charge in [-0.25, -0.2) is 9.59 Å². The van der Waals surface area contributed by atoms with E-state index in [1.54, 1.807) is 5.41 Å². The van der Waals surface area contributed by atoms with E-state index in [0.29, 0.717) is 5.92 Å². The number of hydrogen-bond donors (Lipinski definition) is 0. The van der Waals surface area contributed by atoms with Crippen LogP contribution in [0.25, 0.3) is 0 Å². The van der Waals surface area contributed by atoms with Crippen LogP contribution in [0, 0.1) is 17.3 Å². The van der Waals surface area contributed by atoms with Crippen molar-refractivity contribution in [1.29, 1.82) is 0 Å². The van der Waals surface area contributed by atoms with Crippen molar-refractivity contribution in [1.82, 2.24) is 0 Å². The van der Waals surface area contributed by atoms with Crippen LogP contribution in [0.1, 0.15) is 46.5 Å². The van der Waals surface area contributed by atoms with Crippen molar-refractivity contribution in [2.75, 3.05) is 6.26 Å². The largest absolute Gasteiger partial charge is 0.459 e. The highest BCUT2D eigenvalue weighted by atomic mass is 32.2. The molecule has 3 rings (SSSR count). The van der Waals surface area contributed by atoms with E-state index in [0.717, 1.165) is 31.3 Å². The van der Waals surface area contributed by atoms with Crippen LogP contribution in [-0.2, 0) is 19.1 Å². The zero-order valence-electron chi connectivity index (χ0n) is 14.8. The van der Waals surface area contributed by atoms with Crippen LogP contribution < -0.4 is 0 Å². The minimum Gasteiger partial charge on any atom is -0.459 e. The number of rotatable bonds is 3. The molecule has 24 heavy (non-hydrogen) atoms. The van der Waals surface area contributed by atoms with E-state index in [1.807, 2.05) is 13.2 Å². The van der Waals surface area contributed by atoms with Gasteiger partial charge in [-0.1, -0.05) is 13.8 Å². The quantitative estimate of drug-likeness (QED) is 0.571. The zero-order chi connectivity index (χ0) is 17.5. The van der Waals surface area contributed by atoms with Crippen LogP contribution in [0.15, 0.2) is 22.6 Å². The van der Waals surface area contributed by atoms with Crippen LogP contribution in [0.3, 0.4) is 0 Å². The summed E-state index contributed by atoms with van der Waals surface area (Å²) >= 11 is 1.49. The number of hydrogen-bond acceptors (Lipinski definition) is 5. The summed E-state index contributed by atoms with van der Waals surface area (Å²) in [5.74, 6) is 0.360. The maximum atomic E-state index is 12.0. The zero-order valence-corrected chi connectivity index (χ0v) is 15.7. The molecule has 2 fully saturated rings. The molecule has 0 aromatic carbocycles. The summed E-state index contributed by atoms with van der Waals surface area (Å²) < 4.78 is 11.3. The molecule has 3 aliphatic rings. The van der Waals surface area contributed by atoms with Crippen LogP contribution in [-0.4, -0.2) is 30.4 Å². The molecule has 0 aromatic rings. The van der Waals surface area contributed by atoms with Gasteiger partial charge in [0.1, 0.15) is 12.2 Å². The Labute approximate surface area is 148 Å². The summed E-state index contributed by atoms with van der Waals surface area (Å²) in [4.78, 5) is 23.8. The van der Waals surface area contributed by atoms with E-state index in [2.05, 4.69) is 13.8 Å². The van der Waals surface area contributed by atoms with E-state index < -0.39 is 0 Å². The van der Waals surface area contributed by atoms with Gasteiger partial charge in [0.25, 0.3) is 0 Å². The fourth-order valence-electron chi connectivity index (χ4n) is 4.67. The Morgan fingerprint density at radius 2 is 2.17 bits per heavy atom. The SMILES string of the molecule is CS/C=C/C(=O)OC1CC[C@@H]2CC3OC(=O)C(C)=C3C[C@]2(C)[C@H]1C. The van der Waals surface area contributed by atoms with Gasteiger partial charge < -0.3 is 9.47 Å². The standard InChI is InChI=1S/C19H26O4S/c1-11-14-10-19(3)12(2)15(22-17(20)7-8-24-4)6-5-13(19)9-16(14)23-18(11)21/h7-8,12-13,15-16H,5-6,9-10H2,1-4H3/b8-7+/t12-,13+,15?,16?,19+/m0/s1. The first kappa shape index (κ1) is 17.6. The molecule has 132 valence electrons. The highest BCUT2D eigenvalue weighted by molar-refractivity contribution is 8.01. The third-order valence-corrected chi connectivity index (χ3v) is 6.84. The molecule has 2 unspecified atom stereocenters. The first-order chi connectivity index (χ1) is 11.4. The van der Waals surface area contributed by atoms with Crippen molar-refractivity contribution in [2.45, 2.75) is 58.7 Å². The average Bonchev–Trinajstić information content (AvgIpc) is 2.81. The van der Waals surface area contributed by atoms with Gasteiger partial charge >= 0.3 is 11.9 Å². The summed E-state index contributed by atoms with van der Waals surface area (Å²) in [5, 5.41) is 1.75. The van der Waals surface area contributed by atoms with Gasteiger partial charge in [0.2, 0.25) is 0 Å². The van der Waals surface area contributed by atoms with Crippen LogP contribution in [0.4, 0.5) is 0 Å². The lowest BCUT2D eigenvalue weighted by atomic mass is 9.53. The average molecular weight is 350 g/mol. The number of esters is 2. The lowest BCUT2D eigenvalue weighted by molar-refractivity contribution is -0.158. The van der Waals surface area contributed by atoms with Crippen LogP contribution in [0.5, 0.6) is 0 Å². The van der Waals surface area contributed by atoms with Crippen LogP contribution >= 0.6 is 11.8 Å². The minimum atomic E-state index is -0.258. The molecule has 0 aromatic heterocycles. The molecule has 0 radical (unpaired) electrons. The van der Waals surface area contributed by atoms with Gasteiger partial charge in [-0.2, -0.15) is 0 Å². The molecule has 4 nitrogen and oxygen atoms in total. The predicted molar refractivity (Wildman–Crippen MR) is 94.3 cm³/mol. The topological polar surface area (TPSA) is 52.6 Å². The van der Waals surface area contributed by atoms with Crippen molar-refractivity contribution in [3.63, 3.8) is 0 Å². The number of fused-ring (bicyclic) bond motifs is 2. The Bertz CT molecular complexity index is 608. The molecular formula is C19H26O4S. The molecule has 1 heterocycles. The van der Waals surface area contributed by atoms with Crippen molar-refractivity contribution < 1.29 is 19.1 Å². The Hall–Kier alpha value is -1.23. The number of carbonyl (C=O) groups excluding carboxylic acids is 2. The molecule has 0 saturated heterocycles. The molecule has 1 aliphatic heterocycles. The second-order valence-corrected chi connectivity index (χ2v) is 8.28. The summed E-state index contributed by atoms with van der Waals surface area (Å²) in [6.07, 6.45) is 7.02. The Balaban J connectivity index is 1.77. The van der Waals surface area contributed by atoms with Crippen molar-refractivity contribution >= 4 is 23.7 Å². The molecule has 0 spiro atoms. The molecule has 0 N–H and O–H groups in total. The normalized spacial score (nSPS) is 38.8. The first-order valence-corrected chi connectivity index (χ1v) is 9.96. The summed E-state index contributed by atoms with van der Waals surface area (Å²) in [7, 11) is 0. The molecule has 2 saturated carbocycles. The van der Waals surface area contributed by atoms with Crippen molar-refractivity contribution in [2.24, 2.45) is 17.3 Å². The maximum absolute atomic E-state index is 12.0. The van der Waals surface area contributed by atoms with Gasteiger partial charge in [0, 0.05) is 11.6 Å². The fourth-order valence-corrected chi connectivity index (χ4v) is 4.92. The second-order valence-electron chi connectivity index (χ2n) is 7.54. The van der Waals surface area contributed by atoms with Crippen LogP contribution in [0.2, 0.25) is 0 Å². The number of thioether (sulfide) groups is 1. The maximum Gasteiger partial charge on any atom is 0.334 e. The Kier molecular flexibility index (Phi) is 4.82. The highest BCUT2D eigenvalue weighted by Crippen LogP contribution is 2.57. The second kappa shape index (κ2) is 6.58. The van der Waals surface area contributed by atoms with Gasteiger partial charge in [0.05, 0.1) is 0 Å². The fraction of sp³-hybridized carbons (Fsp3) is 0.684. The molecule has 0 bridgehead atoms. The third kappa shape index (κ3) is 2.92. The number of ether oxygens (including phenoxy) is 2. The van der Waals surface area contributed by atoms with Gasteiger partial charge in [-0.05, 0) is 67.1 Å². The molecule has 0 amide bonds. The minimum absolute atomic E-state index is 0.0219. The van der Waals surface area contributed by atoms with Crippen molar-refractivity contribution in [3.05, 3.63) is 22.6 Å². The third-order valence-electron chi connectivity index (χ3n) is 6.43. The Morgan fingerprint density at radius 1 is 1.42 bits per heavy atom. The summed E-state index contributed by atoms with van der Waals surface area (Å²) in [6, 6.07) is 0. The highest BCUT2D eigenvalue weighted by Gasteiger charge is 2.53. The lowest BCUT2D eigenvalue weighted by Crippen LogP contribution is -2.50. The molecule has 5 atom stereocenters.